The Balaban J connectivity index is 2.36. The summed E-state index contributed by atoms with van der Waals surface area (Å²) in [6, 6.07) is 0.964. The number of rotatable bonds is 3. The molecule has 0 aliphatic heterocycles. The number of hydrogen-bond acceptors (Lipinski definition) is 2. The van der Waals surface area contributed by atoms with Crippen LogP contribution in [-0.2, 0) is 4.79 Å². The Labute approximate surface area is 114 Å². The number of aliphatic carboxylic acids is 1. The maximum absolute atomic E-state index is 13.7. The first-order valence-corrected chi connectivity index (χ1v) is 6.36. The van der Waals surface area contributed by atoms with E-state index in [9.17, 15) is 23.1 Å². The lowest BCUT2D eigenvalue weighted by atomic mass is 9.86. The van der Waals surface area contributed by atoms with Gasteiger partial charge in [0.15, 0.2) is 0 Å². The van der Waals surface area contributed by atoms with Gasteiger partial charge < -0.3 is 10.2 Å². The molecule has 20 heavy (non-hydrogen) atoms. The van der Waals surface area contributed by atoms with Crippen LogP contribution in [-0.4, -0.2) is 16.2 Å². The molecule has 0 heterocycles. The van der Waals surface area contributed by atoms with Gasteiger partial charge in [0.25, 0.3) is 0 Å². The van der Waals surface area contributed by atoms with Crippen molar-refractivity contribution in [2.45, 2.75) is 25.9 Å². The largest absolute Gasteiger partial charge is 0.481 e. The Morgan fingerprint density at radius 2 is 1.80 bits per heavy atom. The van der Waals surface area contributed by atoms with Crippen LogP contribution in [0.4, 0.5) is 13.2 Å². The van der Waals surface area contributed by atoms with Crippen LogP contribution in [0.15, 0.2) is 12.1 Å². The van der Waals surface area contributed by atoms with Gasteiger partial charge in [0.1, 0.15) is 17.5 Å². The number of benzene rings is 1. The van der Waals surface area contributed by atoms with E-state index in [0.717, 1.165) is 0 Å². The Kier molecular flexibility index (Phi) is 4.04. The van der Waals surface area contributed by atoms with Crippen molar-refractivity contribution in [3.05, 3.63) is 35.1 Å². The van der Waals surface area contributed by atoms with Crippen molar-refractivity contribution in [1.82, 2.24) is 0 Å². The highest BCUT2D eigenvalue weighted by Crippen LogP contribution is 2.44. The number of carboxylic acids is 1. The highest BCUT2D eigenvalue weighted by atomic mass is 19.1. The summed E-state index contributed by atoms with van der Waals surface area (Å²) in [5, 5.41) is 19.3. The zero-order chi connectivity index (χ0) is 15.0. The maximum Gasteiger partial charge on any atom is 0.306 e. The van der Waals surface area contributed by atoms with Crippen LogP contribution >= 0.6 is 0 Å². The molecule has 1 fully saturated rings. The van der Waals surface area contributed by atoms with Gasteiger partial charge in [-0.2, -0.15) is 0 Å². The van der Waals surface area contributed by atoms with Crippen molar-refractivity contribution < 1.29 is 28.2 Å². The van der Waals surface area contributed by atoms with Crippen LogP contribution in [0.1, 0.15) is 31.4 Å². The molecule has 1 saturated carbocycles. The first-order chi connectivity index (χ1) is 9.31. The lowest BCUT2D eigenvalue weighted by Crippen LogP contribution is -2.25. The molecular weight excluding hydrogens is 273 g/mol. The van der Waals surface area contributed by atoms with E-state index in [0.29, 0.717) is 25.0 Å². The average Bonchev–Trinajstić information content (AvgIpc) is 2.70. The molecule has 0 amide bonds. The zero-order valence-corrected chi connectivity index (χ0v) is 10.8. The summed E-state index contributed by atoms with van der Waals surface area (Å²) in [4.78, 5) is 11.2. The Morgan fingerprint density at radius 1 is 1.25 bits per heavy atom. The van der Waals surface area contributed by atoms with Crippen molar-refractivity contribution in [3.63, 3.8) is 0 Å². The van der Waals surface area contributed by atoms with E-state index < -0.39 is 46.9 Å². The van der Waals surface area contributed by atoms with Crippen molar-refractivity contribution in [2.75, 3.05) is 0 Å². The standard InChI is InChI=1S/C14H15F3O3/c1-6-2-8(9(3-6)14(19)20)13(18)12-10(16)4-7(15)5-11(12)17/h4-6,8-9,13,18H,2-3H2,1H3,(H,19,20). The SMILES string of the molecule is CC1CC(C(=O)O)C(C(O)c2c(F)cc(F)cc2F)C1. The quantitative estimate of drug-likeness (QED) is 0.899. The number of carbonyl (C=O) groups is 1. The van der Waals surface area contributed by atoms with E-state index >= 15 is 0 Å². The molecule has 1 aromatic carbocycles. The highest BCUT2D eigenvalue weighted by Gasteiger charge is 2.42. The molecule has 0 saturated heterocycles. The fourth-order valence-corrected chi connectivity index (χ4v) is 3.02. The second-order valence-corrected chi connectivity index (χ2v) is 5.41. The molecular formula is C14H15F3O3. The molecule has 4 unspecified atom stereocenters. The minimum atomic E-state index is -1.60. The third-order valence-corrected chi connectivity index (χ3v) is 3.91. The van der Waals surface area contributed by atoms with Crippen LogP contribution in [0.2, 0.25) is 0 Å². The van der Waals surface area contributed by atoms with Gasteiger partial charge in [-0.1, -0.05) is 6.92 Å². The molecule has 3 nitrogen and oxygen atoms in total. The summed E-state index contributed by atoms with van der Waals surface area (Å²) in [6.45, 7) is 1.82. The topological polar surface area (TPSA) is 57.5 Å². The van der Waals surface area contributed by atoms with Gasteiger partial charge in [0.05, 0.1) is 17.6 Å². The first kappa shape index (κ1) is 14.8. The minimum Gasteiger partial charge on any atom is -0.481 e. The second kappa shape index (κ2) is 5.44. The Hall–Kier alpha value is -1.56. The van der Waals surface area contributed by atoms with E-state index in [1.165, 1.54) is 0 Å². The number of carboxylic acid groups (broad SMARTS) is 1. The maximum atomic E-state index is 13.7. The number of halogens is 3. The van der Waals surface area contributed by atoms with Gasteiger partial charge in [-0.25, -0.2) is 13.2 Å². The van der Waals surface area contributed by atoms with Crippen LogP contribution in [0, 0.1) is 35.2 Å². The van der Waals surface area contributed by atoms with Gasteiger partial charge in [-0.05, 0) is 18.8 Å². The third-order valence-electron chi connectivity index (χ3n) is 3.91. The molecule has 0 spiro atoms. The summed E-state index contributed by atoms with van der Waals surface area (Å²) in [7, 11) is 0. The minimum absolute atomic E-state index is 0.0438. The molecule has 110 valence electrons. The summed E-state index contributed by atoms with van der Waals surface area (Å²) in [6.07, 6.45) is -0.891. The van der Waals surface area contributed by atoms with Crippen molar-refractivity contribution in [2.24, 2.45) is 17.8 Å². The van der Waals surface area contributed by atoms with Crippen molar-refractivity contribution >= 4 is 5.97 Å². The molecule has 1 aromatic rings. The average molecular weight is 288 g/mol. The Bertz CT molecular complexity index is 509. The normalized spacial score (nSPS) is 27.6. The van der Waals surface area contributed by atoms with E-state index in [2.05, 4.69) is 0 Å². The third kappa shape index (κ3) is 2.65. The monoisotopic (exact) mass is 288 g/mol. The molecule has 1 aliphatic rings. The van der Waals surface area contributed by atoms with Gasteiger partial charge in [-0.3, -0.25) is 4.79 Å². The van der Waals surface area contributed by atoms with E-state index in [-0.39, 0.29) is 5.92 Å². The molecule has 2 rings (SSSR count). The summed E-state index contributed by atoms with van der Waals surface area (Å²) in [5.41, 5.74) is -0.656. The van der Waals surface area contributed by atoms with Crippen molar-refractivity contribution in [3.8, 4) is 0 Å². The molecule has 1 aliphatic carbocycles. The molecule has 0 radical (unpaired) electrons. The van der Waals surface area contributed by atoms with Gasteiger partial charge in [-0.15, -0.1) is 0 Å². The fraction of sp³-hybridized carbons (Fsp3) is 0.500. The number of aliphatic hydroxyl groups excluding tert-OH is 1. The highest BCUT2D eigenvalue weighted by molar-refractivity contribution is 5.71. The summed E-state index contributed by atoms with van der Waals surface area (Å²) < 4.78 is 40.2. The molecule has 4 atom stereocenters. The number of hydrogen-bond donors (Lipinski definition) is 2. The predicted molar refractivity (Wildman–Crippen MR) is 64.3 cm³/mol. The van der Waals surface area contributed by atoms with E-state index in [4.69, 9.17) is 5.11 Å². The van der Waals surface area contributed by atoms with Crippen LogP contribution in [0.3, 0.4) is 0 Å². The zero-order valence-electron chi connectivity index (χ0n) is 10.8. The molecule has 0 bridgehead atoms. The smallest absolute Gasteiger partial charge is 0.306 e. The predicted octanol–water partition coefficient (Wildman–Crippen LogP) is 2.88. The van der Waals surface area contributed by atoms with Crippen molar-refractivity contribution in [1.29, 1.82) is 0 Å². The molecule has 2 N–H and O–H groups in total. The number of aliphatic hydroxyl groups is 1. The summed E-state index contributed by atoms with van der Waals surface area (Å²) in [5.74, 6) is -6.16. The van der Waals surface area contributed by atoms with E-state index in [1.54, 1.807) is 0 Å². The lowest BCUT2D eigenvalue weighted by Gasteiger charge is -2.23. The lowest BCUT2D eigenvalue weighted by molar-refractivity contribution is -0.144. The molecule has 0 aromatic heterocycles. The Morgan fingerprint density at radius 3 is 2.30 bits per heavy atom. The van der Waals surface area contributed by atoms with Gasteiger partial charge in [0, 0.05) is 18.1 Å². The van der Waals surface area contributed by atoms with Gasteiger partial charge >= 0.3 is 5.97 Å². The first-order valence-electron chi connectivity index (χ1n) is 6.36. The molecule has 6 heteroatoms. The second-order valence-electron chi connectivity index (χ2n) is 5.41. The fourth-order valence-electron chi connectivity index (χ4n) is 3.02. The summed E-state index contributed by atoms with van der Waals surface area (Å²) >= 11 is 0. The van der Waals surface area contributed by atoms with E-state index in [1.807, 2.05) is 6.92 Å². The van der Waals surface area contributed by atoms with Gasteiger partial charge in [0.2, 0.25) is 0 Å². The van der Waals surface area contributed by atoms with Crippen LogP contribution in [0.25, 0.3) is 0 Å². The van der Waals surface area contributed by atoms with Crippen LogP contribution in [0.5, 0.6) is 0 Å². The van der Waals surface area contributed by atoms with Crippen LogP contribution < -0.4 is 0 Å².